The molecular weight excluding hydrogens is 290 g/mol. The Hall–Kier alpha value is -3.34. The van der Waals surface area contributed by atoms with Gasteiger partial charge in [-0.2, -0.15) is 0 Å². The number of carbonyl (C=O) groups is 1. The maximum atomic E-state index is 12.6. The number of ketones is 1. The van der Waals surface area contributed by atoms with Gasteiger partial charge in [-0.25, -0.2) is 9.97 Å². The van der Waals surface area contributed by atoms with E-state index in [1.54, 1.807) is 30.3 Å². The molecule has 5 heteroatoms. The van der Waals surface area contributed by atoms with Crippen molar-refractivity contribution < 1.29 is 4.79 Å². The minimum Gasteiger partial charge on any atom is -0.303 e. The van der Waals surface area contributed by atoms with Crippen molar-refractivity contribution in [2.45, 2.75) is 0 Å². The summed E-state index contributed by atoms with van der Waals surface area (Å²) in [6.45, 7) is 0. The summed E-state index contributed by atoms with van der Waals surface area (Å²) in [5, 5.41) is 1.40. The molecule has 1 N–H and O–H groups in total. The van der Waals surface area contributed by atoms with Gasteiger partial charge >= 0.3 is 0 Å². The third kappa shape index (κ3) is 2.28. The Bertz CT molecular complexity index is 1120. The monoisotopic (exact) mass is 301 g/mol. The van der Waals surface area contributed by atoms with E-state index in [0.717, 1.165) is 10.9 Å². The average Bonchev–Trinajstić information content (AvgIpc) is 2.60. The van der Waals surface area contributed by atoms with Crippen LogP contribution in [0, 0.1) is 0 Å². The van der Waals surface area contributed by atoms with E-state index >= 15 is 0 Å². The molecule has 0 amide bonds. The number of benzene rings is 2. The third-order valence-electron chi connectivity index (χ3n) is 3.66. The number of pyridine rings is 1. The number of nitrogens with one attached hydrogen (secondary N) is 1. The molecule has 0 radical (unpaired) electrons. The van der Waals surface area contributed by atoms with Crippen LogP contribution in [-0.2, 0) is 0 Å². The van der Waals surface area contributed by atoms with Crippen molar-refractivity contribution in [2.75, 3.05) is 0 Å². The summed E-state index contributed by atoms with van der Waals surface area (Å²) >= 11 is 0. The van der Waals surface area contributed by atoms with Crippen LogP contribution in [0.2, 0.25) is 0 Å². The Morgan fingerprint density at radius 1 is 0.826 bits per heavy atom. The molecule has 2 aromatic carbocycles. The van der Waals surface area contributed by atoms with Gasteiger partial charge in [-0.1, -0.05) is 36.4 Å². The first kappa shape index (κ1) is 13.3. The average molecular weight is 301 g/mol. The Kier molecular flexibility index (Phi) is 2.98. The van der Waals surface area contributed by atoms with Crippen LogP contribution in [0.25, 0.3) is 21.8 Å². The number of para-hydroxylation sites is 2. The Morgan fingerprint density at radius 3 is 2.43 bits per heavy atom. The number of carbonyl (C=O) groups excluding carboxylic acids is 1. The van der Waals surface area contributed by atoms with E-state index in [1.165, 1.54) is 0 Å². The van der Waals surface area contributed by atoms with Gasteiger partial charge in [0.2, 0.25) is 5.78 Å². The van der Waals surface area contributed by atoms with Gasteiger partial charge in [-0.15, -0.1) is 0 Å². The first-order valence-corrected chi connectivity index (χ1v) is 7.12. The van der Waals surface area contributed by atoms with E-state index in [4.69, 9.17) is 0 Å². The van der Waals surface area contributed by atoms with Gasteiger partial charge in [0.1, 0.15) is 5.69 Å². The Labute approximate surface area is 130 Å². The summed E-state index contributed by atoms with van der Waals surface area (Å²) in [4.78, 5) is 35.8. The van der Waals surface area contributed by atoms with Crippen LogP contribution in [0.15, 0.2) is 65.5 Å². The standard InChI is InChI=1S/C18H11N3O2/c22-16(15-10-9-11-5-1-3-7-13(11)19-15)17-20-14-8-4-2-6-12(14)18(23)21-17/h1-10H,(H,20,21,23). The van der Waals surface area contributed by atoms with Crippen LogP contribution in [0.3, 0.4) is 0 Å². The second kappa shape index (κ2) is 5.14. The number of rotatable bonds is 2. The number of hydrogen-bond acceptors (Lipinski definition) is 4. The number of H-pyrrole nitrogens is 1. The fraction of sp³-hybridized carbons (Fsp3) is 0. The van der Waals surface area contributed by atoms with Gasteiger partial charge in [0.25, 0.3) is 5.56 Å². The number of hydrogen-bond donors (Lipinski definition) is 1. The molecule has 0 saturated heterocycles. The van der Waals surface area contributed by atoms with Crippen molar-refractivity contribution in [3.05, 3.63) is 82.5 Å². The zero-order valence-electron chi connectivity index (χ0n) is 12.0. The van der Waals surface area contributed by atoms with Crippen LogP contribution < -0.4 is 5.56 Å². The molecule has 0 bridgehead atoms. The molecule has 0 spiro atoms. The molecule has 2 heterocycles. The fourth-order valence-corrected chi connectivity index (χ4v) is 2.51. The smallest absolute Gasteiger partial charge is 0.259 e. The topological polar surface area (TPSA) is 75.7 Å². The summed E-state index contributed by atoms with van der Waals surface area (Å²) in [5.74, 6) is -0.407. The molecule has 4 rings (SSSR count). The van der Waals surface area contributed by atoms with Crippen LogP contribution in [0.4, 0.5) is 0 Å². The normalized spacial score (nSPS) is 11.0. The maximum Gasteiger partial charge on any atom is 0.259 e. The van der Waals surface area contributed by atoms with E-state index in [1.807, 2.05) is 30.3 Å². The Morgan fingerprint density at radius 2 is 1.57 bits per heavy atom. The first-order chi connectivity index (χ1) is 11.2. The van der Waals surface area contributed by atoms with E-state index in [-0.39, 0.29) is 17.1 Å². The van der Waals surface area contributed by atoms with E-state index in [0.29, 0.717) is 10.9 Å². The maximum absolute atomic E-state index is 12.6. The highest BCUT2D eigenvalue weighted by Gasteiger charge is 2.15. The van der Waals surface area contributed by atoms with Crippen molar-refractivity contribution in [3.63, 3.8) is 0 Å². The first-order valence-electron chi connectivity index (χ1n) is 7.12. The zero-order valence-corrected chi connectivity index (χ0v) is 12.0. The second-order valence-electron chi connectivity index (χ2n) is 5.15. The van der Waals surface area contributed by atoms with Gasteiger partial charge in [0.05, 0.1) is 16.4 Å². The molecule has 4 aromatic rings. The van der Waals surface area contributed by atoms with Crippen LogP contribution in [-0.4, -0.2) is 20.7 Å². The van der Waals surface area contributed by atoms with Crippen LogP contribution >= 0.6 is 0 Å². The highest BCUT2D eigenvalue weighted by molar-refractivity contribution is 6.06. The third-order valence-corrected chi connectivity index (χ3v) is 3.66. The second-order valence-corrected chi connectivity index (χ2v) is 5.15. The molecule has 110 valence electrons. The van der Waals surface area contributed by atoms with Gasteiger partial charge in [0, 0.05) is 5.39 Å². The Balaban J connectivity index is 1.85. The molecule has 0 saturated carbocycles. The molecule has 5 nitrogen and oxygen atoms in total. The summed E-state index contributed by atoms with van der Waals surface area (Å²) in [6.07, 6.45) is 0. The number of fused-ring (bicyclic) bond motifs is 2. The predicted molar refractivity (Wildman–Crippen MR) is 87.5 cm³/mol. The highest BCUT2D eigenvalue weighted by Crippen LogP contribution is 2.14. The fourth-order valence-electron chi connectivity index (χ4n) is 2.51. The minimum atomic E-state index is -0.404. The van der Waals surface area contributed by atoms with Crippen molar-refractivity contribution >= 4 is 27.6 Å². The van der Waals surface area contributed by atoms with Crippen LogP contribution in [0.1, 0.15) is 16.3 Å². The lowest BCUT2D eigenvalue weighted by Crippen LogP contribution is -2.17. The van der Waals surface area contributed by atoms with Gasteiger partial charge in [-0.05, 0) is 24.3 Å². The minimum absolute atomic E-state index is 0.00326. The van der Waals surface area contributed by atoms with Crippen molar-refractivity contribution in [1.82, 2.24) is 15.0 Å². The SMILES string of the molecule is O=C(c1ccc2ccccc2n1)c1nc2ccccc2c(=O)[nH]1. The summed E-state index contributed by atoms with van der Waals surface area (Å²) in [7, 11) is 0. The van der Waals surface area contributed by atoms with Crippen molar-refractivity contribution in [2.24, 2.45) is 0 Å². The lowest BCUT2D eigenvalue weighted by Gasteiger charge is -2.03. The lowest BCUT2D eigenvalue weighted by atomic mass is 10.1. The molecular formula is C18H11N3O2. The number of nitrogens with zero attached hydrogens (tertiary/aromatic N) is 2. The van der Waals surface area contributed by atoms with Crippen LogP contribution in [0.5, 0.6) is 0 Å². The van der Waals surface area contributed by atoms with Gasteiger partial charge in [-0.3, -0.25) is 9.59 Å². The largest absolute Gasteiger partial charge is 0.303 e. The van der Waals surface area contributed by atoms with E-state index < -0.39 is 5.78 Å². The molecule has 23 heavy (non-hydrogen) atoms. The highest BCUT2D eigenvalue weighted by atomic mass is 16.1. The summed E-state index contributed by atoms with van der Waals surface area (Å²) in [5.41, 5.74) is 1.13. The molecule has 0 atom stereocenters. The predicted octanol–water partition coefficient (Wildman–Crippen LogP) is 2.70. The molecule has 0 fully saturated rings. The molecule has 2 aromatic heterocycles. The molecule has 0 aliphatic heterocycles. The van der Waals surface area contributed by atoms with Crippen molar-refractivity contribution in [3.8, 4) is 0 Å². The zero-order chi connectivity index (χ0) is 15.8. The van der Waals surface area contributed by atoms with E-state index in [9.17, 15) is 9.59 Å². The van der Waals surface area contributed by atoms with Crippen molar-refractivity contribution in [1.29, 1.82) is 0 Å². The van der Waals surface area contributed by atoms with Gasteiger partial charge < -0.3 is 4.98 Å². The summed E-state index contributed by atoms with van der Waals surface area (Å²) in [6, 6.07) is 17.9. The molecule has 0 aliphatic rings. The number of aromatic amines is 1. The van der Waals surface area contributed by atoms with Gasteiger partial charge in [0.15, 0.2) is 5.82 Å². The molecule has 0 aliphatic carbocycles. The van der Waals surface area contributed by atoms with E-state index in [2.05, 4.69) is 15.0 Å². The lowest BCUT2D eigenvalue weighted by molar-refractivity contribution is 0.102. The number of aromatic nitrogens is 3. The quantitative estimate of drug-likeness (QED) is 0.578. The summed E-state index contributed by atoms with van der Waals surface area (Å²) < 4.78 is 0. The molecule has 0 unspecified atom stereocenters.